The van der Waals surface area contributed by atoms with Crippen molar-refractivity contribution >= 4 is 17.8 Å². The quantitative estimate of drug-likeness (QED) is 0.701. The molecule has 170 valence electrons. The van der Waals surface area contributed by atoms with Gasteiger partial charge in [-0.2, -0.15) is 0 Å². The summed E-state index contributed by atoms with van der Waals surface area (Å²) in [5.41, 5.74) is 0.904. The fraction of sp³-hybridized carbons (Fsp3) is 0.762. The monoisotopic (exact) mass is 432 g/mol. The normalized spacial score (nSPS) is 27.7. The maximum absolute atomic E-state index is 12.9. The van der Waals surface area contributed by atoms with Gasteiger partial charge in [-0.3, -0.25) is 19.3 Å². The Morgan fingerprint density at radius 2 is 1.87 bits per heavy atom. The SMILES string of the molecule is CC(=O)N1CCN(Cc2cn(C3CC(C(=O)N4CCCC4C(C)C(=O)O)C3)nn2)CC1. The summed E-state index contributed by atoms with van der Waals surface area (Å²) >= 11 is 0. The molecule has 2 unspecified atom stereocenters. The number of rotatable bonds is 6. The van der Waals surface area contributed by atoms with E-state index in [-0.39, 0.29) is 29.8 Å². The van der Waals surface area contributed by atoms with Crippen LogP contribution in [0.4, 0.5) is 0 Å². The van der Waals surface area contributed by atoms with Gasteiger partial charge in [-0.1, -0.05) is 5.21 Å². The molecular weight excluding hydrogens is 400 g/mol. The van der Waals surface area contributed by atoms with Crippen LogP contribution in [0.5, 0.6) is 0 Å². The number of carbonyl (C=O) groups is 3. The van der Waals surface area contributed by atoms with Crippen molar-refractivity contribution in [3.8, 4) is 0 Å². The van der Waals surface area contributed by atoms with E-state index in [1.54, 1.807) is 18.7 Å². The topological polar surface area (TPSA) is 112 Å². The molecule has 0 radical (unpaired) electrons. The molecule has 4 rings (SSSR count). The van der Waals surface area contributed by atoms with Gasteiger partial charge in [-0.05, 0) is 32.6 Å². The smallest absolute Gasteiger partial charge is 0.308 e. The number of carbonyl (C=O) groups excluding carboxylic acids is 2. The molecule has 0 bridgehead atoms. The van der Waals surface area contributed by atoms with Crippen LogP contribution in [0, 0.1) is 11.8 Å². The minimum absolute atomic E-state index is 0.0566. The van der Waals surface area contributed by atoms with Crippen molar-refractivity contribution in [2.45, 2.75) is 58.2 Å². The number of likely N-dealkylation sites (tertiary alicyclic amines) is 1. The molecule has 0 aromatic carbocycles. The molecule has 10 nitrogen and oxygen atoms in total. The molecule has 2 atom stereocenters. The molecule has 2 aliphatic heterocycles. The van der Waals surface area contributed by atoms with Crippen LogP contribution >= 0.6 is 0 Å². The first-order valence-corrected chi connectivity index (χ1v) is 11.3. The third kappa shape index (κ3) is 4.58. The molecule has 31 heavy (non-hydrogen) atoms. The Kier molecular flexibility index (Phi) is 6.27. The maximum Gasteiger partial charge on any atom is 0.308 e. The first-order valence-electron chi connectivity index (χ1n) is 11.3. The minimum Gasteiger partial charge on any atom is -0.481 e. The van der Waals surface area contributed by atoms with Crippen molar-refractivity contribution in [3.05, 3.63) is 11.9 Å². The number of amides is 2. The summed E-state index contributed by atoms with van der Waals surface area (Å²) < 4.78 is 1.87. The maximum atomic E-state index is 12.9. The number of carboxylic acids is 1. The molecule has 3 aliphatic rings. The van der Waals surface area contributed by atoms with Crippen molar-refractivity contribution in [1.29, 1.82) is 0 Å². The number of hydrogen-bond donors (Lipinski definition) is 1. The van der Waals surface area contributed by atoms with Gasteiger partial charge in [0.05, 0.1) is 23.9 Å². The molecule has 10 heteroatoms. The molecule has 2 amide bonds. The Hall–Kier alpha value is -2.49. The van der Waals surface area contributed by atoms with E-state index < -0.39 is 11.9 Å². The summed E-state index contributed by atoms with van der Waals surface area (Å²) in [6, 6.07) is -0.0202. The molecule has 3 heterocycles. The molecule has 1 saturated carbocycles. The molecule has 1 aromatic heterocycles. The van der Waals surface area contributed by atoms with Crippen molar-refractivity contribution < 1.29 is 19.5 Å². The van der Waals surface area contributed by atoms with Crippen LogP contribution in [0.1, 0.15) is 51.3 Å². The predicted octanol–water partition coefficient (Wildman–Crippen LogP) is 0.605. The zero-order chi connectivity index (χ0) is 22.1. The zero-order valence-electron chi connectivity index (χ0n) is 18.3. The molecule has 2 saturated heterocycles. The van der Waals surface area contributed by atoms with E-state index in [4.69, 9.17) is 0 Å². The Bertz CT molecular complexity index is 828. The highest BCUT2D eigenvalue weighted by molar-refractivity contribution is 5.81. The highest BCUT2D eigenvalue weighted by Crippen LogP contribution is 2.40. The average molecular weight is 433 g/mol. The third-order valence-corrected chi connectivity index (χ3v) is 7.15. The molecular formula is C21H32N6O4. The van der Waals surface area contributed by atoms with E-state index >= 15 is 0 Å². The van der Waals surface area contributed by atoms with E-state index in [2.05, 4.69) is 15.2 Å². The van der Waals surface area contributed by atoms with Gasteiger partial charge in [0, 0.05) is 58.2 Å². The first-order chi connectivity index (χ1) is 14.8. The predicted molar refractivity (Wildman–Crippen MR) is 111 cm³/mol. The zero-order valence-corrected chi connectivity index (χ0v) is 18.3. The van der Waals surface area contributed by atoms with Crippen LogP contribution in [-0.2, 0) is 20.9 Å². The third-order valence-electron chi connectivity index (χ3n) is 7.15. The summed E-state index contributed by atoms with van der Waals surface area (Å²) in [5, 5.41) is 17.9. The lowest BCUT2D eigenvalue weighted by Gasteiger charge is -2.38. The van der Waals surface area contributed by atoms with E-state index in [1.807, 2.05) is 15.8 Å². The van der Waals surface area contributed by atoms with E-state index in [0.29, 0.717) is 13.1 Å². The standard InChI is InChI=1S/C21H32N6O4/c1-14(21(30)31)19-4-3-5-26(19)20(29)16-10-18(11-16)27-13-17(22-23-27)12-24-6-8-25(9-7-24)15(2)28/h13-14,16,18-19H,3-12H2,1-2H3,(H,30,31). The van der Waals surface area contributed by atoms with E-state index in [0.717, 1.165) is 57.6 Å². The fourth-order valence-corrected chi connectivity index (χ4v) is 5.00. The van der Waals surface area contributed by atoms with Crippen molar-refractivity contribution in [2.75, 3.05) is 32.7 Å². The second-order valence-corrected chi connectivity index (χ2v) is 9.16. The van der Waals surface area contributed by atoms with Crippen LogP contribution in [0.15, 0.2) is 6.20 Å². The van der Waals surface area contributed by atoms with Crippen LogP contribution in [-0.4, -0.2) is 91.3 Å². The van der Waals surface area contributed by atoms with Gasteiger partial charge in [-0.25, -0.2) is 4.68 Å². The summed E-state index contributed by atoms with van der Waals surface area (Å²) in [7, 11) is 0. The number of piperazine rings is 1. The Morgan fingerprint density at radius 3 is 2.52 bits per heavy atom. The van der Waals surface area contributed by atoms with Gasteiger partial charge < -0.3 is 14.9 Å². The summed E-state index contributed by atoms with van der Waals surface area (Å²) in [5.74, 6) is -1.21. The highest BCUT2D eigenvalue weighted by atomic mass is 16.4. The fourth-order valence-electron chi connectivity index (χ4n) is 5.00. The van der Waals surface area contributed by atoms with Gasteiger partial charge in [0.2, 0.25) is 11.8 Å². The average Bonchev–Trinajstić information content (AvgIpc) is 3.36. The summed E-state index contributed by atoms with van der Waals surface area (Å²) in [6.07, 6.45) is 5.06. The van der Waals surface area contributed by atoms with E-state index in [9.17, 15) is 19.5 Å². The van der Waals surface area contributed by atoms with Gasteiger partial charge in [0.15, 0.2) is 0 Å². The lowest BCUT2D eigenvalue weighted by Crippen LogP contribution is -2.47. The second-order valence-electron chi connectivity index (χ2n) is 9.16. The van der Waals surface area contributed by atoms with Gasteiger partial charge in [0.1, 0.15) is 0 Å². The first kappa shape index (κ1) is 21.7. The lowest BCUT2D eigenvalue weighted by atomic mass is 9.79. The number of carboxylic acid groups (broad SMARTS) is 1. The van der Waals surface area contributed by atoms with Gasteiger partial charge in [0.25, 0.3) is 0 Å². The van der Waals surface area contributed by atoms with Gasteiger partial charge in [-0.15, -0.1) is 5.10 Å². The Morgan fingerprint density at radius 1 is 1.16 bits per heavy atom. The summed E-state index contributed by atoms with van der Waals surface area (Å²) in [6.45, 7) is 7.82. The molecule has 0 spiro atoms. The summed E-state index contributed by atoms with van der Waals surface area (Å²) in [4.78, 5) is 41.7. The number of aromatic nitrogens is 3. The van der Waals surface area contributed by atoms with Crippen LogP contribution in [0.25, 0.3) is 0 Å². The van der Waals surface area contributed by atoms with Crippen molar-refractivity contribution in [1.82, 2.24) is 29.7 Å². The minimum atomic E-state index is -0.839. The Balaban J connectivity index is 1.26. The molecule has 3 fully saturated rings. The molecule has 1 N–H and O–H groups in total. The van der Waals surface area contributed by atoms with Crippen LogP contribution in [0.3, 0.4) is 0 Å². The van der Waals surface area contributed by atoms with Crippen molar-refractivity contribution in [3.63, 3.8) is 0 Å². The number of aliphatic carboxylic acids is 1. The second kappa shape index (κ2) is 8.94. The largest absolute Gasteiger partial charge is 0.481 e. The Labute approximate surface area is 182 Å². The van der Waals surface area contributed by atoms with Crippen molar-refractivity contribution in [2.24, 2.45) is 11.8 Å². The van der Waals surface area contributed by atoms with Crippen LogP contribution < -0.4 is 0 Å². The highest BCUT2D eigenvalue weighted by Gasteiger charge is 2.43. The number of nitrogens with zero attached hydrogens (tertiary/aromatic N) is 6. The molecule has 1 aliphatic carbocycles. The van der Waals surface area contributed by atoms with Crippen LogP contribution in [0.2, 0.25) is 0 Å². The van der Waals surface area contributed by atoms with Gasteiger partial charge >= 0.3 is 5.97 Å². The lowest BCUT2D eigenvalue weighted by molar-refractivity contribution is -0.147. The van der Waals surface area contributed by atoms with E-state index in [1.165, 1.54) is 0 Å². The molecule has 1 aromatic rings. The number of hydrogen-bond acceptors (Lipinski definition) is 6.